The minimum atomic E-state index is -0.787. The zero-order valence-corrected chi connectivity index (χ0v) is 28.2. The molecule has 12 heteroatoms. The predicted molar refractivity (Wildman–Crippen MR) is 188 cm³/mol. The second-order valence-electron chi connectivity index (χ2n) is 11.6. The Kier molecular flexibility index (Phi) is 11.4. The zero-order valence-electron chi connectivity index (χ0n) is 28.2. The van der Waals surface area contributed by atoms with Crippen molar-refractivity contribution in [1.29, 1.82) is 0 Å². The molecule has 2 fully saturated rings. The van der Waals surface area contributed by atoms with Gasteiger partial charge in [-0.25, -0.2) is 19.2 Å². The van der Waals surface area contributed by atoms with Crippen LogP contribution in [0.3, 0.4) is 0 Å². The van der Waals surface area contributed by atoms with Crippen molar-refractivity contribution in [2.24, 2.45) is 0 Å². The SMILES string of the molecule is COC(=O)Oc1ccc(/C=C/c2ccc(C(=O)O[C@H]3CO[C@H]4[C@@H]3OC[C@H]4OC(=O)c3ccc(/C=C/c4ccc(OC(=O)OC)cc4)cc3)cc2)cc1. The highest BCUT2D eigenvalue weighted by atomic mass is 16.7. The summed E-state index contributed by atoms with van der Waals surface area (Å²) in [6.45, 7) is 0.225. The van der Waals surface area contributed by atoms with E-state index >= 15 is 0 Å². The zero-order chi connectivity index (χ0) is 36.5. The van der Waals surface area contributed by atoms with Crippen LogP contribution in [0, 0.1) is 0 Å². The highest BCUT2D eigenvalue weighted by Crippen LogP contribution is 2.32. The Balaban J connectivity index is 0.962. The molecule has 0 spiro atoms. The lowest BCUT2D eigenvalue weighted by Crippen LogP contribution is -2.36. The Morgan fingerprint density at radius 3 is 1.12 bits per heavy atom. The highest BCUT2D eigenvalue weighted by Gasteiger charge is 2.51. The van der Waals surface area contributed by atoms with Crippen molar-refractivity contribution < 1.29 is 57.1 Å². The third-order valence-corrected chi connectivity index (χ3v) is 8.20. The van der Waals surface area contributed by atoms with Gasteiger partial charge in [0.05, 0.1) is 38.6 Å². The van der Waals surface area contributed by atoms with Crippen molar-refractivity contribution in [1.82, 2.24) is 0 Å². The molecule has 0 bridgehead atoms. The molecule has 0 radical (unpaired) electrons. The minimum absolute atomic E-state index is 0.113. The van der Waals surface area contributed by atoms with E-state index in [4.69, 9.17) is 28.4 Å². The average molecular weight is 707 g/mol. The quantitative estimate of drug-likeness (QED) is 0.0735. The number of rotatable bonds is 10. The van der Waals surface area contributed by atoms with Gasteiger partial charge in [0.15, 0.2) is 12.2 Å². The predicted octanol–water partition coefficient (Wildman–Crippen LogP) is 6.87. The van der Waals surface area contributed by atoms with Gasteiger partial charge in [-0.1, -0.05) is 72.8 Å². The number of benzene rings is 4. The van der Waals surface area contributed by atoms with E-state index in [1.807, 2.05) is 24.3 Å². The van der Waals surface area contributed by atoms with Crippen LogP contribution in [0.1, 0.15) is 43.0 Å². The van der Waals surface area contributed by atoms with Crippen LogP contribution in [-0.4, -0.2) is 76.1 Å². The molecule has 0 N–H and O–H groups in total. The summed E-state index contributed by atoms with van der Waals surface area (Å²) in [7, 11) is 2.48. The number of carbonyl (C=O) groups excluding carboxylic acids is 4. The van der Waals surface area contributed by atoms with Crippen molar-refractivity contribution in [2.45, 2.75) is 24.4 Å². The molecule has 12 nitrogen and oxygen atoms in total. The summed E-state index contributed by atoms with van der Waals surface area (Å²) < 4.78 is 42.1. The monoisotopic (exact) mass is 706 g/mol. The van der Waals surface area contributed by atoms with Crippen molar-refractivity contribution in [2.75, 3.05) is 27.4 Å². The molecule has 2 aliphatic rings. The van der Waals surface area contributed by atoms with E-state index in [2.05, 4.69) is 9.47 Å². The van der Waals surface area contributed by atoms with Gasteiger partial charge in [0.25, 0.3) is 0 Å². The fourth-order valence-corrected chi connectivity index (χ4v) is 5.46. The van der Waals surface area contributed by atoms with Crippen LogP contribution in [0.4, 0.5) is 9.59 Å². The van der Waals surface area contributed by atoms with Gasteiger partial charge in [-0.15, -0.1) is 0 Å². The molecular formula is C40H34O12. The Labute approximate surface area is 299 Å². The van der Waals surface area contributed by atoms with Gasteiger partial charge < -0.3 is 37.9 Å². The van der Waals surface area contributed by atoms with Crippen molar-refractivity contribution in [3.8, 4) is 11.5 Å². The van der Waals surface area contributed by atoms with Crippen molar-refractivity contribution >= 4 is 48.6 Å². The summed E-state index contributed by atoms with van der Waals surface area (Å²) in [6.07, 6.45) is 3.51. The fourth-order valence-electron chi connectivity index (χ4n) is 5.46. The molecule has 0 aromatic heterocycles. The van der Waals surface area contributed by atoms with E-state index < -0.39 is 48.7 Å². The van der Waals surface area contributed by atoms with Crippen LogP contribution in [0.5, 0.6) is 11.5 Å². The molecule has 4 aromatic carbocycles. The molecule has 6 rings (SSSR count). The summed E-state index contributed by atoms with van der Waals surface area (Å²) in [5, 5.41) is 0. The molecule has 0 saturated carbocycles. The minimum Gasteiger partial charge on any atom is -0.453 e. The number of hydrogen-bond acceptors (Lipinski definition) is 12. The van der Waals surface area contributed by atoms with Gasteiger partial charge in [0.1, 0.15) is 23.7 Å². The molecule has 4 aromatic rings. The van der Waals surface area contributed by atoms with E-state index in [1.165, 1.54) is 14.2 Å². The van der Waals surface area contributed by atoms with Crippen LogP contribution in [-0.2, 0) is 28.4 Å². The summed E-state index contributed by atoms with van der Waals surface area (Å²) >= 11 is 0. The Morgan fingerprint density at radius 1 is 0.500 bits per heavy atom. The summed E-state index contributed by atoms with van der Waals surface area (Å²) in [6, 6.07) is 27.7. The maximum Gasteiger partial charge on any atom is 0.513 e. The Hall–Kier alpha value is -6.24. The van der Waals surface area contributed by atoms with Crippen LogP contribution in [0.2, 0.25) is 0 Å². The van der Waals surface area contributed by atoms with E-state index in [0.717, 1.165) is 22.3 Å². The first-order valence-electron chi connectivity index (χ1n) is 16.2. The summed E-state index contributed by atoms with van der Waals surface area (Å²) in [5.74, 6) is -0.300. The van der Waals surface area contributed by atoms with Crippen LogP contribution in [0.25, 0.3) is 24.3 Å². The van der Waals surface area contributed by atoms with E-state index in [0.29, 0.717) is 22.6 Å². The number of ether oxygens (including phenoxy) is 8. The summed E-state index contributed by atoms with van der Waals surface area (Å²) in [5.41, 5.74) is 4.23. The van der Waals surface area contributed by atoms with Gasteiger partial charge in [0.2, 0.25) is 0 Å². The van der Waals surface area contributed by atoms with Gasteiger partial charge >= 0.3 is 24.2 Å². The molecule has 2 aliphatic heterocycles. The maximum atomic E-state index is 13.0. The fraction of sp³-hybridized carbons (Fsp3) is 0.200. The van der Waals surface area contributed by atoms with Gasteiger partial charge in [-0.05, 0) is 70.8 Å². The van der Waals surface area contributed by atoms with Crippen molar-refractivity contribution in [3.05, 3.63) is 130 Å². The van der Waals surface area contributed by atoms with Gasteiger partial charge in [0, 0.05) is 0 Å². The lowest BCUT2D eigenvalue weighted by Gasteiger charge is -2.17. The van der Waals surface area contributed by atoms with Crippen molar-refractivity contribution in [3.63, 3.8) is 0 Å². The first kappa shape index (κ1) is 35.6. The number of fused-ring (bicyclic) bond motifs is 1. The number of hydrogen-bond donors (Lipinski definition) is 0. The molecule has 2 heterocycles. The average Bonchev–Trinajstić information content (AvgIpc) is 3.77. The molecule has 4 atom stereocenters. The topological polar surface area (TPSA) is 142 Å². The first-order chi connectivity index (χ1) is 25.3. The molecule has 0 aliphatic carbocycles. The molecular weight excluding hydrogens is 672 g/mol. The van der Waals surface area contributed by atoms with E-state index in [1.54, 1.807) is 97.1 Å². The molecule has 266 valence electrons. The standard InChI is InChI=1S/C40H34O12/c1-45-39(43)49-31-19-11-27(12-20-31)5-3-25-7-15-29(16-8-25)37(41)51-33-23-47-36-34(24-48-35(33)36)52-38(42)30-17-9-26(10-18-30)4-6-28-13-21-32(22-14-28)50-40(44)46-2/h3-22,33-36H,23-24H2,1-2H3/b5-3+,6-4+/t33-,34+,35-,36-/m1/s1. The lowest BCUT2D eigenvalue weighted by atomic mass is 10.1. The highest BCUT2D eigenvalue weighted by molar-refractivity contribution is 5.90. The van der Waals surface area contributed by atoms with Crippen LogP contribution in [0.15, 0.2) is 97.1 Å². The molecule has 52 heavy (non-hydrogen) atoms. The van der Waals surface area contributed by atoms with Gasteiger partial charge in [-0.3, -0.25) is 0 Å². The molecule has 0 amide bonds. The Morgan fingerprint density at radius 2 is 0.808 bits per heavy atom. The smallest absolute Gasteiger partial charge is 0.453 e. The van der Waals surface area contributed by atoms with Crippen LogP contribution >= 0.6 is 0 Å². The second kappa shape index (κ2) is 16.6. The summed E-state index contributed by atoms with van der Waals surface area (Å²) in [4.78, 5) is 48.4. The van der Waals surface area contributed by atoms with E-state index in [9.17, 15) is 19.2 Å². The maximum absolute atomic E-state index is 13.0. The number of carbonyl (C=O) groups is 4. The normalized spacial score (nSPS) is 19.2. The van der Waals surface area contributed by atoms with Gasteiger partial charge in [-0.2, -0.15) is 0 Å². The first-order valence-corrected chi connectivity index (χ1v) is 16.2. The lowest BCUT2D eigenvalue weighted by molar-refractivity contribution is -0.0287. The second-order valence-corrected chi connectivity index (χ2v) is 11.6. The largest absolute Gasteiger partial charge is 0.513 e. The third kappa shape index (κ3) is 9.10. The Bertz CT molecular complexity index is 1790. The third-order valence-electron chi connectivity index (χ3n) is 8.20. The molecule has 2 saturated heterocycles. The van der Waals surface area contributed by atoms with Crippen LogP contribution < -0.4 is 9.47 Å². The number of esters is 2. The van der Waals surface area contributed by atoms with E-state index in [-0.39, 0.29) is 13.2 Å². The molecule has 0 unspecified atom stereocenters. The number of methoxy groups -OCH3 is 2.